The normalized spacial score (nSPS) is 16.9. The Bertz CT molecular complexity index is 467. The fourth-order valence-corrected chi connectivity index (χ4v) is 2.53. The maximum atomic E-state index is 13.6. The molecule has 0 atom stereocenters. The third-order valence-electron chi connectivity index (χ3n) is 3.81. The van der Waals surface area contributed by atoms with E-state index in [1.165, 1.54) is 12.1 Å². The molecule has 0 radical (unpaired) electrons. The summed E-state index contributed by atoms with van der Waals surface area (Å²) in [7, 11) is 0. The lowest BCUT2D eigenvalue weighted by Gasteiger charge is -2.32. The van der Waals surface area contributed by atoms with Gasteiger partial charge in [-0.05, 0) is 44.0 Å². The van der Waals surface area contributed by atoms with Gasteiger partial charge in [-0.25, -0.2) is 4.39 Å². The van der Waals surface area contributed by atoms with Gasteiger partial charge in [-0.2, -0.15) is 0 Å². The molecule has 20 heavy (non-hydrogen) atoms. The smallest absolute Gasteiger partial charge is 0.243 e. The first-order valence-corrected chi connectivity index (χ1v) is 7.05. The van der Waals surface area contributed by atoms with Crippen LogP contribution in [-0.2, 0) is 11.3 Å². The summed E-state index contributed by atoms with van der Waals surface area (Å²) in [6.07, 6.45) is 3.37. The Labute approximate surface area is 119 Å². The van der Waals surface area contributed by atoms with Crippen LogP contribution in [0.5, 0.6) is 0 Å². The number of carbonyl (C=O) groups excluding carboxylic acids is 1. The van der Waals surface area contributed by atoms with E-state index in [4.69, 9.17) is 0 Å². The molecule has 2 rings (SSSR count). The van der Waals surface area contributed by atoms with Gasteiger partial charge in [-0.3, -0.25) is 9.69 Å². The zero-order valence-corrected chi connectivity index (χ0v) is 11.6. The van der Waals surface area contributed by atoms with Crippen molar-refractivity contribution < 1.29 is 9.18 Å². The monoisotopic (exact) mass is 276 g/mol. The van der Waals surface area contributed by atoms with Crippen LogP contribution in [0.15, 0.2) is 36.9 Å². The highest BCUT2D eigenvalue weighted by Gasteiger charge is 2.20. The van der Waals surface area contributed by atoms with Crippen molar-refractivity contribution in [2.75, 3.05) is 19.6 Å². The number of likely N-dealkylation sites (tertiary alicyclic amines) is 1. The van der Waals surface area contributed by atoms with E-state index in [2.05, 4.69) is 16.8 Å². The van der Waals surface area contributed by atoms with E-state index >= 15 is 0 Å². The number of piperidine rings is 1. The summed E-state index contributed by atoms with van der Waals surface area (Å²) >= 11 is 0. The molecule has 0 bridgehead atoms. The summed E-state index contributed by atoms with van der Waals surface area (Å²) in [6, 6.07) is 6.93. The number of amides is 1. The van der Waals surface area contributed by atoms with Gasteiger partial charge in [0, 0.05) is 18.7 Å². The van der Waals surface area contributed by atoms with Crippen molar-refractivity contribution in [1.29, 1.82) is 0 Å². The van der Waals surface area contributed by atoms with Crippen molar-refractivity contribution >= 4 is 5.91 Å². The molecule has 1 fully saturated rings. The van der Waals surface area contributed by atoms with E-state index in [1.807, 2.05) is 12.1 Å². The average molecular weight is 276 g/mol. The minimum Gasteiger partial charge on any atom is -0.352 e. The maximum absolute atomic E-state index is 13.6. The number of hydrogen-bond acceptors (Lipinski definition) is 2. The lowest BCUT2D eigenvalue weighted by Crippen LogP contribution is -2.38. The molecule has 1 aromatic carbocycles. The molecule has 1 saturated heterocycles. The van der Waals surface area contributed by atoms with Crippen molar-refractivity contribution in [3.8, 4) is 0 Å². The van der Waals surface area contributed by atoms with E-state index in [0.29, 0.717) is 19.0 Å². The predicted molar refractivity (Wildman–Crippen MR) is 77.6 cm³/mol. The third-order valence-corrected chi connectivity index (χ3v) is 3.81. The molecule has 0 saturated carbocycles. The molecule has 1 aliphatic rings. The Morgan fingerprint density at radius 1 is 1.40 bits per heavy atom. The number of rotatable bonds is 5. The molecule has 1 N–H and O–H groups in total. The molecule has 0 aliphatic carbocycles. The Hall–Kier alpha value is -1.68. The predicted octanol–water partition coefficient (Wildman–Crippen LogP) is 2.34. The number of hydrogen-bond donors (Lipinski definition) is 1. The summed E-state index contributed by atoms with van der Waals surface area (Å²) < 4.78 is 13.6. The third kappa shape index (κ3) is 4.17. The van der Waals surface area contributed by atoms with Gasteiger partial charge < -0.3 is 5.32 Å². The topological polar surface area (TPSA) is 32.3 Å². The first-order valence-electron chi connectivity index (χ1n) is 7.05. The molecule has 1 amide bonds. The lowest BCUT2D eigenvalue weighted by molar-refractivity contribution is -0.116. The van der Waals surface area contributed by atoms with Gasteiger partial charge in [0.25, 0.3) is 0 Å². The second-order valence-corrected chi connectivity index (χ2v) is 5.26. The summed E-state index contributed by atoms with van der Waals surface area (Å²) in [6.45, 7) is 6.70. The highest BCUT2D eigenvalue weighted by atomic mass is 19.1. The molecule has 0 aromatic heterocycles. The Morgan fingerprint density at radius 2 is 2.10 bits per heavy atom. The second kappa shape index (κ2) is 7.20. The van der Waals surface area contributed by atoms with Crippen molar-refractivity contribution in [1.82, 2.24) is 10.2 Å². The Morgan fingerprint density at radius 3 is 2.75 bits per heavy atom. The highest BCUT2D eigenvalue weighted by Crippen LogP contribution is 2.19. The number of halogens is 1. The largest absolute Gasteiger partial charge is 0.352 e. The second-order valence-electron chi connectivity index (χ2n) is 5.26. The Kier molecular flexibility index (Phi) is 5.30. The molecular formula is C16H21FN2O. The van der Waals surface area contributed by atoms with Crippen LogP contribution < -0.4 is 5.32 Å². The van der Waals surface area contributed by atoms with E-state index in [-0.39, 0.29) is 11.7 Å². The van der Waals surface area contributed by atoms with Crippen molar-refractivity contribution in [2.24, 2.45) is 5.92 Å². The van der Waals surface area contributed by atoms with Crippen LogP contribution >= 0.6 is 0 Å². The van der Waals surface area contributed by atoms with Crippen molar-refractivity contribution in [3.63, 3.8) is 0 Å². The Balaban J connectivity index is 1.76. The molecule has 108 valence electrons. The van der Waals surface area contributed by atoms with Gasteiger partial charge >= 0.3 is 0 Å². The summed E-state index contributed by atoms with van der Waals surface area (Å²) in [4.78, 5) is 13.4. The highest BCUT2D eigenvalue weighted by molar-refractivity contribution is 5.86. The molecular weight excluding hydrogens is 255 g/mol. The van der Waals surface area contributed by atoms with E-state index in [0.717, 1.165) is 31.5 Å². The van der Waals surface area contributed by atoms with Gasteiger partial charge in [0.1, 0.15) is 5.82 Å². The maximum Gasteiger partial charge on any atom is 0.243 e. The van der Waals surface area contributed by atoms with Crippen molar-refractivity contribution in [2.45, 2.75) is 19.4 Å². The number of benzene rings is 1. The number of nitrogens with zero attached hydrogens (tertiary/aromatic N) is 1. The van der Waals surface area contributed by atoms with Crippen LogP contribution in [0.4, 0.5) is 4.39 Å². The van der Waals surface area contributed by atoms with Crippen molar-refractivity contribution in [3.05, 3.63) is 48.3 Å². The SMILES string of the molecule is C=CC(=O)NCC1CCN(Cc2ccccc2F)CC1. The van der Waals surface area contributed by atoms with E-state index < -0.39 is 0 Å². The number of nitrogens with one attached hydrogen (secondary N) is 1. The van der Waals surface area contributed by atoms with E-state index in [1.54, 1.807) is 6.07 Å². The first-order chi connectivity index (χ1) is 9.69. The quantitative estimate of drug-likeness (QED) is 0.837. The van der Waals surface area contributed by atoms with Crippen LogP contribution in [0, 0.1) is 11.7 Å². The van der Waals surface area contributed by atoms with Crippen LogP contribution in [0.2, 0.25) is 0 Å². The van der Waals surface area contributed by atoms with Crippen LogP contribution in [0.25, 0.3) is 0 Å². The zero-order chi connectivity index (χ0) is 14.4. The van der Waals surface area contributed by atoms with Gasteiger partial charge in [0.2, 0.25) is 5.91 Å². The van der Waals surface area contributed by atoms with Gasteiger partial charge in [-0.1, -0.05) is 24.8 Å². The van der Waals surface area contributed by atoms with Crippen LogP contribution in [-0.4, -0.2) is 30.4 Å². The summed E-state index contributed by atoms with van der Waals surface area (Å²) in [5.74, 6) is 0.266. The summed E-state index contributed by atoms with van der Waals surface area (Å²) in [5, 5.41) is 2.84. The number of carbonyl (C=O) groups is 1. The average Bonchev–Trinajstić information content (AvgIpc) is 2.48. The van der Waals surface area contributed by atoms with Gasteiger partial charge in [0.15, 0.2) is 0 Å². The van der Waals surface area contributed by atoms with E-state index in [9.17, 15) is 9.18 Å². The summed E-state index contributed by atoms with van der Waals surface area (Å²) in [5.41, 5.74) is 0.755. The lowest BCUT2D eigenvalue weighted by atomic mass is 9.96. The van der Waals surface area contributed by atoms with Crippen LogP contribution in [0.1, 0.15) is 18.4 Å². The minimum atomic E-state index is -0.132. The zero-order valence-electron chi connectivity index (χ0n) is 11.6. The molecule has 1 aliphatic heterocycles. The van der Waals surface area contributed by atoms with Gasteiger partial charge in [-0.15, -0.1) is 0 Å². The molecule has 1 heterocycles. The fourth-order valence-electron chi connectivity index (χ4n) is 2.53. The molecule has 3 nitrogen and oxygen atoms in total. The first kappa shape index (κ1) is 14.7. The molecule has 0 unspecified atom stereocenters. The fraction of sp³-hybridized carbons (Fsp3) is 0.438. The van der Waals surface area contributed by atoms with Gasteiger partial charge in [0.05, 0.1) is 0 Å². The van der Waals surface area contributed by atoms with Crippen LogP contribution in [0.3, 0.4) is 0 Å². The standard InChI is InChI=1S/C16H21FN2O/c1-2-16(20)18-11-13-7-9-19(10-8-13)12-14-5-3-4-6-15(14)17/h2-6,13H,1,7-12H2,(H,18,20). The molecule has 0 spiro atoms. The molecule has 4 heteroatoms. The minimum absolute atomic E-state index is 0.112. The molecule has 1 aromatic rings.